The number of carbonyl (C=O) groups is 8. The smallest absolute Gasteiger partial charge is 0.243 e. The van der Waals surface area contributed by atoms with Gasteiger partial charge in [-0.15, -0.1) is 0 Å². The third kappa shape index (κ3) is 17.3. The molecule has 1 saturated heterocycles. The standard InChI is InChI=1S/C48H67N15O8/c1-2-3-14-32(49)42(66)58-36-18-19-40(64)54-20-9-16-35(44(68)61-37(41(50)65)23-29-25-56-33-15-8-7-13-31(29)33)59-43(67)34(17-10-21-55-48(51)52)60-46(70)38(22-28-11-5-4-6-12-28)62-47(71)39(63-45(36)69)24-30-26-53-27-57-30/h4-8,11-13,15,25-27,32,34-39,56H,2-3,9-10,14,16-24,49H2,1H3,(H2,50,65)(H,53,57)(H,54,64)(H,58,66)(H,59,67)(H,60,70)(H,61,68)(H,62,71)(H,63,69)(H4,51,52,55)/t32-,34-,35-,36-,37-,38+,39-/m0/s1. The number of hydrogen-bond donors (Lipinski definition) is 13. The minimum absolute atomic E-state index is 0.00442. The lowest BCUT2D eigenvalue weighted by Gasteiger charge is -2.28. The molecule has 5 rings (SSSR count). The zero-order valence-corrected chi connectivity index (χ0v) is 39.8. The first-order chi connectivity index (χ1) is 34.1. The first-order valence-electron chi connectivity index (χ1n) is 23.9. The van der Waals surface area contributed by atoms with Crippen LogP contribution >= 0.6 is 0 Å². The van der Waals surface area contributed by atoms with E-state index in [4.69, 9.17) is 22.9 Å². The SMILES string of the molecule is CCCC[C@H](N)C(=O)N[C@H]1CCC(=O)NCCC[C@@H](C(=O)N[C@@H](Cc2c[nH]c3ccccc23)C(N)=O)NC(=O)[C@H](CCCN=C(N)N)NC(=O)[C@@H](Cc2ccccc2)NC(=O)[C@H](Cc2cnc[nH]2)NC1=O. The van der Waals surface area contributed by atoms with E-state index in [1.807, 2.05) is 31.2 Å². The Bertz CT molecular complexity index is 2460. The van der Waals surface area contributed by atoms with Gasteiger partial charge in [0.15, 0.2) is 5.96 Å². The Balaban J connectivity index is 1.49. The van der Waals surface area contributed by atoms with Crippen LogP contribution in [-0.2, 0) is 57.6 Å². The van der Waals surface area contributed by atoms with Crippen LogP contribution in [0.25, 0.3) is 10.9 Å². The van der Waals surface area contributed by atoms with Gasteiger partial charge >= 0.3 is 0 Å². The Hall–Kier alpha value is -7.82. The highest BCUT2D eigenvalue weighted by molar-refractivity contribution is 5.98. The molecule has 8 amide bonds. The molecule has 0 aliphatic carbocycles. The highest BCUT2D eigenvalue weighted by Crippen LogP contribution is 2.19. The number of amides is 8. The fraction of sp³-hybridized carbons (Fsp3) is 0.458. The zero-order valence-electron chi connectivity index (χ0n) is 39.8. The summed E-state index contributed by atoms with van der Waals surface area (Å²) in [5, 5.41) is 19.9. The zero-order chi connectivity index (χ0) is 51.3. The first kappa shape index (κ1) is 54.1. The van der Waals surface area contributed by atoms with E-state index in [2.05, 4.69) is 57.2 Å². The maximum absolute atomic E-state index is 14.5. The summed E-state index contributed by atoms with van der Waals surface area (Å²) >= 11 is 0. The number of carbonyl (C=O) groups excluding carboxylic acids is 8. The summed E-state index contributed by atoms with van der Waals surface area (Å²) in [5.74, 6) is -6.08. The number of nitrogens with two attached hydrogens (primary N) is 4. The highest BCUT2D eigenvalue weighted by Gasteiger charge is 2.34. The van der Waals surface area contributed by atoms with Crippen molar-refractivity contribution < 1.29 is 38.4 Å². The number of para-hydroxylation sites is 1. The van der Waals surface area contributed by atoms with E-state index in [-0.39, 0.29) is 76.8 Å². The highest BCUT2D eigenvalue weighted by atomic mass is 16.2. The van der Waals surface area contributed by atoms with Crippen LogP contribution in [0.1, 0.15) is 81.5 Å². The molecule has 0 unspecified atom stereocenters. The van der Waals surface area contributed by atoms with Crippen molar-refractivity contribution in [3.8, 4) is 0 Å². The van der Waals surface area contributed by atoms with E-state index in [1.165, 1.54) is 12.5 Å². The van der Waals surface area contributed by atoms with Gasteiger partial charge in [0.05, 0.1) is 12.4 Å². The Morgan fingerprint density at radius 1 is 0.817 bits per heavy atom. The lowest BCUT2D eigenvalue weighted by atomic mass is 10.0. The van der Waals surface area contributed by atoms with Crippen molar-refractivity contribution in [2.75, 3.05) is 13.1 Å². The van der Waals surface area contributed by atoms with Crippen LogP contribution in [0.5, 0.6) is 0 Å². The molecular weight excluding hydrogens is 915 g/mol. The van der Waals surface area contributed by atoms with Gasteiger partial charge in [0.1, 0.15) is 36.3 Å². The fourth-order valence-corrected chi connectivity index (χ4v) is 8.03. The molecule has 0 bridgehead atoms. The van der Waals surface area contributed by atoms with Gasteiger partial charge < -0.3 is 70.1 Å². The van der Waals surface area contributed by atoms with Gasteiger partial charge in [-0.05, 0) is 55.7 Å². The minimum atomic E-state index is -1.36. The van der Waals surface area contributed by atoms with Gasteiger partial charge in [0, 0.05) is 67.8 Å². The predicted molar refractivity (Wildman–Crippen MR) is 264 cm³/mol. The van der Waals surface area contributed by atoms with Crippen molar-refractivity contribution in [1.82, 2.24) is 52.2 Å². The summed E-state index contributed by atoms with van der Waals surface area (Å²) in [7, 11) is 0. The molecule has 0 saturated carbocycles. The summed E-state index contributed by atoms with van der Waals surface area (Å²) in [6.07, 6.45) is 5.91. The van der Waals surface area contributed by atoms with Gasteiger partial charge in [0.2, 0.25) is 47.3 Å². The number of H-pyrrole nitrogens is 2. The molecule has 1 aliphatic heterocycles. The predicted octanol–water partition coefficient (Wildman–Crippen LogP) is -1.43. The van der Waals surface area contributed by atoms with Gasteiger partial charge in [-0.3, -0.25) is 43.3 Å². The van der Waals surface area contributed by atoms with Gasteiger partial charge in [-0.1, -0.05) is 68.3 Å². The van der Waals surface area contributed by atoms with Crippen LogP contribution in [0.15, 0.2) is 78.3 Å². The van der Waals surface area contributed by atoms with Crippen molar-refractivity contribution in [3.05, 3.63) is 90.1 Å². The molecular formula is C48H67N15O8. The third-order valence-electron chi connectivity index (χ3n) is 12.0. The molecule has 23 nitrogen and oxygen atoms in total. The Morgan fingerprint density at radius 3 is 2.21 bits per heavy atom. The maximum Gasteiger partial charge on any atom is 0.243 e. The van der Waals surface area contributed by atoms with E-state index >= 15 is 0 Å². The molecule has 0 spiro atoms. The molecule has 4 aromatic rings. The van der Waals surface area contributed by atoms with Gasteiger partial charge in [-0.25, -0.2) is 4.98 Å². The molecule has 2 aromatic heterocycles. The fourth-order valence-electron chi connectivity index (χ4n) is 8.03. The van der Waals surface area contributed by atoms with Crippen molar-refractivity contribution in [2.24, 2.45) is 27.9 Å². The lowest BCUT2D eigenvalue weighted by Crippen LogP contribution is -2.60. The van der Waals surface area contributed by atoms with Crippen molar-refractivity contribution in [3.63, 3.8) is 0 Å². The van der Waals surface area contributed by atoms with Crippen LogP contribution in [-0.4, -0.2) is 124 Å². The Kier molecular flexibility index (Phi) is 20.9. The van der Waals surface area contributed by atoms with Gasteiger partial charge in [-0.2, -0.15) is 0 Å². The number of nitrogens with zero attached hydrogens (tertiary/aromatic N) is 2. The summed E-state index contributed by atoms with van der Waals surface area (Å²) in [6, 6.07) is 7.32. The topological polar surface area (TPSA) is 382 Å². The Labute approximate surface area is 411 Å². The second-order valence-corrected chi connectivity index (χ2v) is 17.5. The molecule has 382 valence electrons. The molecule has 0 radical (unpaired) electrons. The molecule has 1 fully saturated rings. The second kappa shape index (κ2) is 27.4. The number of rotatable bonds is 18. The van der Waals surface area contributed by atoms with Crippen molar-refractivity contribution >= 4 is 64.1 Å². The molecule has 2 aromatic carbocycles. The number of nitrogens with one attached hydrogen (secondary N) is 9. The van der Waals surface area contributed by atoms with Gasteiger partial charge in [0.25, 0.3) is 0 Å². The number of guanidine groups is 1. The number of unbranched alkanes of at least 4 members (excludes halogenated alkanes) is 1. The van der Waals surface area contributed by atoms with Crippen molar-refractivity contribution in [1.29, 1.82) is 0 Å². The van der Waals surface area contributed by atoms with E-state index < -0.39 is 89.6 Å². The molecule has 71 heavy (non-hydrogen) atoms. The second-order valence-electron chi connectivity index (χ2n) is 17.5. The number of aliphatic imine (C=N–C) groups is 1. The number of aromatic nitrogens is 3. The number of benzene rings is 2. The molecule has 23 heteroatoms. The number of imidazole rings is 1. The largest absolute Gasteiger partial charge is 0.370 e. The van der Waals surface area contributed by atoms with Crippen LogP contribution < -0.4 is 60.2 Å². The summed E-state index contributed by atoms with van der Waals surface area (Å²) in [5.41, 5.74) is 25.7. The molecule has 17 N–H and O–H groups in total. The number of aromatic amines is 2. The number of hydrogen-bond acceptors (Lipinski definition) is 11. The monoisotopic (exact) mass is 982 g/mol. The average Bonchev–Trinajstić information content (AvgIpc) is 4.03. The van der Waals surface area contributed by atoms with Crippen molar-refractivity contribution in [2.45, 2.75) is 126 Å². The van der Waals surface area contributed by atoms with E-state index in [1.54, 1.807) is 36.5 Å². The minimum Gasteiger partial charge on any atom is -0.370 e. The quantitative estimate of drug-likeness (QED) is 0.0310. The summed E-state index contributed by atoms with van der Waals surface area (Å²) in [4.78, 5) is 125. The Morgan fingerprint density at radius 2 is 1.51 bits per heavy atom. The number of primary amides is 1. The van der Waals surface area contributed by atoms with E-state index in [0.717, 1.165) is 17.3 Å². The van der Waals surface area contributed by atoms with Crippen LogP contribution in [0.2, 0.25) is 0 Å². The third-order valence-corrected chi connectivity index (χ3v) is 12.0. The maximum atomic E-state index is 14.5. The first-order valence-corrected chi connectivity index (χ1v) is 23.9. The normalized spacial score (nSPS) is 20.7. The molecule has 3 heterocycles. The van der Waals surface area contributed by atoms with E-state index in [0.29, 0.717) is 29.7 Å². The summed E-state index contributed by atoms with van der Waals surface area (Å²) < 4.78 is 0. The summed E-state index contributed by atoms with van der Waals surface area (Å²) in [6.45, 7) is 2.02. The molecule has 7 atom stereocenters. The number of fused-ring (bicyclic) bond motifs is 1. The lowest BCUT2D eigenvalue weighted by molar-refractivity contribution is -0.135. The van der Waals surface area contributed by atoms with Crippen LogP contribution in [0.3, 0.4) is 0 Å². The van der Waals surface area contributed by atoms with Crippen LogP contribution in [0.4, 0.5) is 0 Å². The van der Waals surface area contributed by atoms with E-state index in [9.17, 15) is 38.4 Å². The van der Waals surface area contributed by atoms with Crippen LogP contribution in [0, 0.1) is 0 Å². The molecule has 1 aliphatic rings. The average molecular weight is 982 g/mol.